The van der Waals surface area contributed by atoms with Crippen molar-refractivity contribution in [1.82, 2.24) is 15.6 Å². The molecule has 0 bridgehead atoms. The molecule has 5 nitrogen and oxygen atoms in total. The molecule has 3 rings (SSSR count). The largest absolute Gasteiger partial charge is 0.444 e. The van der Waals surface area contributed by atoms with Gasteiger partial charge in [-0.2, -0.15) is 0 Å². The van der Waals surface area contributed by atoms with E-state index in [4.69, 9.17) is 4.42 Å². The van der Waals surface area contributed by atoms with Crippen molar-refractivity contribution in [3.05, 3.63) is 42.0 Å². The van der Waals surface area contributed by atoms with Crippen LogP contribution in [0.2, 0.25) is 0 Å². The summed E-state index contributed by atoms with van der Waals surface area (Å²) in [5, 5.41) is 6.85. The van der Waals surface area contributed by atoms with Gasteiger partial charge in [-0.25, -0.2) is 9.37 Å². The zero-order chi connectivity index (χ0) is 18.2. The number of nitrogens with one attached hydrogen (secondary N) is 2. The average molecular weight is 358 g/mol. The molecule has 0 amide bonds. The van der Waals surface area contributed by atoms with E-state index < -0.39 is 0 Å². The Bertz CT molecular complexity index is 705. The normalized spacial score (nSPS) is 15.8. The van der Waals surface area contributed by atoms with Gasteiger partial charge in [0.2, 0.25) is 5.89 Å². The van der Waals surface area contributed by atoms with Crippen molar-refractivity contribution in [3.8, 4) is 11.5 Å². The molecule has 1 aliphatic carbocycles. The molecule has 1 aromatic heterocycles. The van der Waals surface area contributed by atoms with Crippen molar-refractivity contribution >= 4 is 5.96 Å². The number of nitrogens with zero attached hydrogens (tertiary/aromatic N) is 2. The molecule has 1 aliphatic rings. The molecule has 1 saturated carbocycles. The summed E-state index contributed by atoms with van der Waals surface area (Å²) in [6, 6.07) is 6.67. The Labute approximate surface area is 154 Å². The van der Waals surface area contributed by atoms with Crippen LogP contribution in [-0.4, -0.2) is 30.1 Å². The van der Waals surface area contributed by atoms with E-state index in [0.717, 1.165) is 23.8 Å². The van der Waals surface area contributed by atoms with Gasteiger partial charge >= 0.3 is 0 Å². The van der Waals surface area contributed by atoms with E-state index in [1.54, 1.807) is 18.4 Å². The summed E-state index contributed by atoms with van der Waals surface area (Å²) in [6.07, 6.45) is 8.71. The third kappa shape index (κ3) is 5.31. The van der Waals surface area contributed by atoms with E-state index in [-0.39, 0.29) is 5.82 Å². The molecule has 1 heterocycles. The smallest absolute Gasteiger partial charge is 0.226 e. The minimum atomic E-state index is -0.267. The van der Waals surface area contributed by atoms with Gasteiger partial charge in [-0.3, -0.25) is 4.99 Å². The van der Waals surface area contributed by atoms with Gasteiger partial charge in [0.25, 0.3) is 0 Å². The molecular weight excluding hydrogens is 331 g/mol. The Morgan fingerprint density at radius 1 is 1.23 bits per heavy atom. The van der Waals surface area contributed by atoms with Gasteiger partial charge in [-0.15, -0.1) is 0 Å². The molecule has 0 saturated heterocycles. The van der Waals surface area contributed by atoms with E-state index >= 15 is 0 Å². The summed E-state index contributed by atoms with van der Waals surface area (Å²) in [5.41, 5.74) is 1.62. The maximum atomic E-state index is 13.0. The van der Waals surface area contributed by atoms with Gasteiger partial charge in [0.05, 0.1) is 5.69 Å². The van der Waals surface area contributed by atoms with Crippen LogP contribution in [0.1, 0.15) is 44.7 Å². The van der Waals surface area contributed by atoms with Crippen molar-refractivity contribution < 1.29 is 8.81 Å². The van der Waals surface area contributed by atoms with Crippen molar-refractivity contribution in [1.29, 1.82) is 0 Å². The molecule has 2 N–H and O–H groups in total. The fourth-order valence-corrected chi connectivity index (χ4v) is 3.19. The Morgan fingerprint density at radius 3 is 2.73 bits per heavy atom. The predicted molar refractivity (Wildman–Crippen MR) is 102 cm³/mol. The summed E-state index contributed by atoms with van der Waals surface area (Å²) in [5.74, 6) is 1.12. The Morgan fingerprint density at radius 2 is 2.00 bits per heavy atom. The fourth-order valence-electron chi connectivity index (χ4n) is 3.19. The number of aliphatic imine (C=N–C) groups is 1. The summed E-state index contributed by atoms with van der Waals surface area (Å²) < 4.78 is 18.5. The predicted octanol–water partition coefficient (Wildman–Crippen LogP) is 3.91. The summed E-state index contributed by atoms with van der Waals surface area (Å²) in [4.78, 5) is 9.13. The van der Waals surface area contributed by atoms with E-state index in [1.807, 2.05) is 0 Å². The van der Waals surface area contributed by atoms with Crippen LogP contribution >= 0.6 is 0 Å². The first-order valence-electron chi connectivity index (χ1n) is 9.50. The summed E-state index contributed by atoms with van der Waals surface area (Å²) >= 11 is 0. The first-order chi connectivity index (χ1) is 12.7. The number of halogens is 1. The highest BCUT2D eigenvalue weighted by atomic mass is 19.1. The second-order valence-electron chi connectivity index (χ2n) is 6.64. The quantitative estimate of drug-likeness (QED) is 0.607. The Kier molecular flexibility index (Phi) is 6.63. The molecule has 1 fully saturated rings. The lowest BCUT2D eigenvalue weighted by Crippen LogP contribution is -2.44. The van der Waals surface area contributed by atoms with Gasteiger partial charge in [-0.1, -0.05) is 19.3 Å². The minimum absolute atomic E-state index is 0.267. The Hall–Kier alpha value is -2.37. The second kappa shape index (κ2) is 9.36. The highest BCUT2D eigenvalue weighted by Crippen LogP contribution is 2.19. The molecule has 0 aliphatic heterocycles. The number of rotatable bonds is 6. The van der Waals surface area contributed by atoms with Gasteiger partial charge in [0.1, 0.15) is 12.1 Å². The van der Waals surface area contributed by atoms with Crippen LogP contribution in [0.5, 0.6) is 0 Å². The monoisotopic (exact) mass is 358 g/mol. The molecule has 2 aromatic rings. The first kappa shape index (κ1) is 18.4. The van der Waals surface area contributed by atoms with Crippen LogP contribution in [0.3, 0.4) is 0 Å². The van der Waals surface area contributed by atoms with Crippen LogP contribution in [0, 0.1) is 5.82 Å². The SMILES string of the molecule is CCNC(=NCCc1coc(-c2ccc(F)cc2)n1)NC1CCCCC1. The highest BCUT2D eigenvalue weighted by Gasteiger charge is 2.14. The lowest BCUT2D eigenvalue weighted by molar-refractivity contribution is 0.410. The third-order valence-electron chi connectivity index (χ3n) is 4.57. The molecule has 140 valence electrons. The average Bonchev–Trinajstić information content (AvgIpc) is 3.12. The molecule has 0 radical (unpaired) electrons. The number of benzene rings is 1. The molecular formula is C20H27FN4O. The molecule has 6 heteroatoms. The lowest BCUT2D eigenvalue weighted by Gasteiger charge is -2.24. The first-order valence-corrected chi connectivity index (χ1v) is 9.50. The molecule has 0 unspecified atom stereocenters. The van der Waals surface area contributed by atoms with Crippen molar-refractivity contribution in [3.63, 3.8) is 0 Å². The van der Waals surface area contributed by atoms with Gasteiger partial charge < -0.3 is 15.1 Å². The van der Waals surface area contributed by atoms with E-state index in [9.17, 15) is 4.39 Å². The van der Waals surface area contributed by atoms with Gasteiger partial charge in [0.15, 0.2) is 5.96 Å². The minimum Gasteiger partial charge on any atom is -0.444 e. The molecule has 0 atom stereocenters. The van der Waals surface area contributed by atoms with E-state index in [1.165, 1.54) is 44.2 Å². The summed E-state index contributed by atoms with van der Waals surface area (Å²) in [7, 11) is 0. The van der Waals surface area contributed by atoms with Gasteiger partial charge in [0, 0.05) is 31.1 Å². The van der Waals surface area contributed by atoms with Crippen molar-refractivity contribution in [2.45, 2.75) is 51.5 Å². The van der Waals surface area contributed by atoms with Gasteiger partial charge in [-0.05, 0) is 44.0 Å². The topological polar surface area (TPSA) is 62.5 Å². The van der Waals surface area contributed by atoms with Crippen molar-refractivity contribution in [2.75, 3.05) is 13.1 Å². The zero-order valence-electron chi connectivity index (χ0n) is 15.3. The van der Waals surface area contributed by atoms with Crippen LogP contribution in [-0.2, 0) is 6.42 Å². The third-order valence-corrected chi connectivity index (χ3v) is 4.57. The molecule has 26 heavy (non-hydrogen) atoms. The van der Waals surface area contributed by atoms with Crippen molar-refractivity contribution in [2.24, 2.45) is 4.99 Å². The van der Waals surface area contributed by atoms with Crippen LogP contribution in [0.15, 0.2) is 39.9 Å². The number of aromatic nitrogens is 1. The number of guanidine groups is 1. The van der Waals surface area contributed by atoms with Crippen LogP contribution in [0.25, 0.3) is 11.5 Å². The zero-order valence-corrected chi connectivity index (χ0v) is 15.3. The van der Waals surface area contributed by atoms with E-state index in [2.05, 4.69) is 27.5 Å². The standard InChI is InChI=1S/C20H27FN4O/c1-2-22-20(25-17-6-4-3-5-7-17)23-13-12-18-14-26-19(24-18)15-8-10-16(21)11-9-15/h8-11,14,17H,2-7,12-13H2,1H3,(H2,22,23,25). The summed E-state index contributed by atoms with van der Waals surface area (Å²) in [6.45, 7) is 3.55. The number of hydrogen-bond donors (Lipinski definition) is 2. The number of oxazole rings is 1. The fraction of sp³-hybridized carbons (Fsp3) is 0.500. The molecule has 1 aromatic carbocycles. The maximum Gasteiger partial charge on any atom is 0.226 e. The lowest BCUT2D eigenvalue weighted by atomic mass is 9.96. The van der Waals surface area contributed by atoms with Crippen LogP contribution in [0.4, 0.5) is 4.39 Å². The second-order valence-corrected chi connectivity index (χ2v) is 6.64. The molecule has 0 spiro atoms. The van der Waals surface area contributed by atoms with Crippen LogP contribution < -0.4 is 10.6 Å². The highest BCUT2D eigenvalue weighted by molar-refractivity contribution is 5.80. The maximum absolute atomic E-state index is 13.0. The Balaban J connectivity index is 1.54. The van der Waals surface area contributed by atoms with E-state index in [0.29, 0.717) is 24.9 Å². The number of hydrogen-bond acceptors (Lipinski definition) is 3.